The molecule has 0 aromatic carbocycles. The van der Waals surface area contributed by atoms with Gasteiger partial charge in [0.05, 0.1) is 65.6 Å². The van der Waals surface area contributed by atoms with E-state index in [4.69, 9.17) is 34.0 Å². The molecule has 2 heterocycles. The number of carbonyl (C=O) groups is 1. The van der Waals surface area contributed by atoms with Crippen molar-refractivity contribution in [2.24, 2.45) is 11.0 Å². The number of nitrogens with zero attached hydrogens (tertiary/aromatic N) is 3. The Labute approximate surface area is 174 Å². The number of hydrogen-bond donors (Lipinski definition) is 2. The van der Waals surface area contributed by atoms with E-state index < -0.39 is 30.0 Å². The van der Waals surface area contributed by atoms with Crippen molar-refractivity contribution in [2.75, 3.05) is 66.0 Å². The van der Waals surface area contributed by atoms with Gasteiger partial charge in [-0.1, -0.05) is 5.11 Å². The zero-order valence-corrected chi connectivity index (χ0v) is 17.2. The van der Waals surface area contributed by atoms with Crippen molar-refractivity contribution in [3.8, 4) is 0 Å². The van der Waals surface area contributed by atoms with Crippen molar-refractivity contribution in [3.05, 3.63) is 10.4 Å². The minimum absolute atomic E-state index is 0.0432. The number of aliphatic hydroxyl groups is 2. The molecule has 2 aliphatic rings. The monoisotopic (exact) mass is 433 g/mol. The Morgan fingerprint density at radius 1 is 1.10 bits per heavy atom. The summed E-state index contributed by atoms with van der Waals surface area (Å²) in [5, 5.41) is 24.2. The first-order valence-electron chi connectivity index (χ1n) is 9.97. The van der Waals surface area contributed by atoms with Crippen LogP contribution in [0.5, 0.6) is 0 Å². The van der Waals surface area contributed by atoms with Gasteiger partial charge in [0.15, 0.2) is 6.29 Å². The second kappa shape index (κ2) is 13.2. The zero-order chi connectivity index (χ0) is 21.8. The summed E-state index contributed by atoms with van der Waals surface area (Å²) in [4.78, 5) is 14.0. The van der Waals surface area contributed by atoms with Crippen molar-refractivity contribution in [1.29, 1.82) is 0 Å². The lowest BCUT2D eigenvalue weighted by Gasteiger charge is -2.42. The van der Waals surface area contributed by atoms with Gasteiger partial charge >= 0.3 is 0 Å². The summed E-state index contributed by atoms with van der Waals surface area (Å²) in [6.45, 7) is 4.45. The molecule has 2 saturated heterocycles. The third-order valence-electron chi connectivity index (χ3n) is 4.88. The van der Waals surface area contributed by atoms with Crippen LogP contribution < -0.4 is 0 Å². The molecule has 12 nitrogen and oxygen atoms in total. The number of rotatable bonds is 16. The van der Waals surface area contributed by atoms with Crippen molar-refractivity contribution in [2.45, 2.75) is 37.4 Å². The van der Waals surface area contributed by atoms with Crippen LogP contribution in [0.1, 0.15) is 13.3 Å². The summed E-state index contributed by atoms with van der Waals surface area (Å²) in [5.41, 5.74) is 6.97. The van der Waals surface area contributed by atoms with E-state index in [0.717, 1.165) is 0 Å². The van der Waals surface area contributed by atoms with Crippen molar-refractivity contribution in [1.82, 2.24) is 0 Å². The van der Waals surface area contributed by atoms with Crippen LogP contribution in [0.25, 0.3) is 10.4 Å². The number of azide groups is 1. The van der Waals surface area contributed by atoms with Gasteiger partial charge < -0.3 is 43.4 Å². The fourth-order valence-corrected chi connectivity index (χ4v) is 3.36. The van der Waals surface area contributed by atoms with Crippen LogP contribution in [-0.2, 0) is 33.2 Å². The van der Waals surface area contributed by atoms with Gasteiger partial charge in [-0.3, -0.25) is 0 Å². The molecule has 5 atom stereocenters. The lowest BCUT2D eigenvalue weighted by Crippen LogP contribution is -2.61. The summed E-state index contributed by atoms with van der Waals surface area (Å²) in [5.74, 6) is -0.694. The summed E-state index contributed by atoms with van der Waals surface area (Å²) in [7, 11) is 0. The van der Waals surface area contributed by atoms with Crippen LogP contribution in [0.3, 0.4) is 0 Å². The molecule has 2 N–H and O–H groups in total. The van der Waals surface area contributed by atoms with E-state index in [9.17, 15) is 15.0 Å². The number of aliphatic hydroxyl groups excluding tert-OH is 2. The van der Waals surface area contributed by atoms with Gasteiger partial charge in [0.2, 0.25) is 0 Å². The molecule has 0 radical (unpaired) electrons. The smallest absolute Gasteiger partial charge is 0.164 e. The largest absolute Gasteiger partial charge is 0.390 e. The van der Waals surface area contributed by atoms with E-state index in [2.05, 4.69) is 10.0 Å². The lowest BCUT2D eigenvalue weighted by molar-refractivity contribution is -0.252. The summed E-state index contributed by atoms with van der Waals surface area (Å²) >= 11 is 0. The third-order valence-corrected chi connectivity index (χ3v) is 4.88. The number of fused-ring (bicyclic) bond motifs is 2. The van der Waals surface area contributed by atoms with Gasteiger partial charge in [0.25, 0.3) is 0 Å². The fourth-order valence-electron chi connectivity index (χ4n) is 3.36. The van der Waals surface area contributed by atoms with Crippen molar-refractivity contribution in [3.63, 3.8) is 0 Å². The fraction of sp³-hybridized carbons (Fsp3) is 0.944. The topological polar surface area (TPSA) is 162 Å². The van der Waals surface area contributed by atoms with Crippen LogP contribution in [0.15, 0.2) is 5.11 Å². The van der Waals surface area contributed by atoms with Crippen LogP contribution >= 0.6 is 0 Å². The SMILES string of the molecule is CC(=O)C[C@H]1[C@H]2OC[C@](COCCOCCOCCOCCN=[N+]=[N-])(O2)[C@H](O)[C@@H]1O. The Morgan fingerprint density at radius 3 is 2.30 bits per heavy atom. The summed E-state index contributed by atoms with van der Waals surface area (Å²) in [6, 6.07) is 0. The Kier molecular flexibility index (Phi) is 10.9. The maximum absolute atomic E-state index is 11.4. The van der Waals surface area contributed by atoms with E-state index in [1.807, 2.05) is 0 Å². The molecule has 2 fully saturated rings. The van der Waals surface area contributed by atoms with Crippen LogP contribution in [0.4, 0.5) is 0 Å². The van der Waals surface area contributed by atoms with Crippen molar-refractivity contribution < 1.29 is 43.4 Å². The molecule has 30 heavy (non-hydrogen) atoms. The molecule has 0 aromatic rings. The maximum Gasteiger partial charge on any atom is 0.164 e. The summed E-state index contributed by atoms with van der Waals surface area (Å²) < 4.78 is 32.8. The number of carbonyl (C=O) groups excluding carboxylic acids is 1. The van der Waals surface area contributed by atoms with E-state index in [1.54, 1.807) is 0 Å². The first kappa shape index (κ1) is 24.9. The highest BCUT2D eigenvalue weighted by molar-refractivity contribution is 5.75. The minimum Gasteiger partial charge on any atom is -0.390 e. The molecule has 2 bridgehead atoms. The molecule has 0 spiro atoms. The van der Waals surface area contributed by atoms with Gasteiger partial charge in [0.1, 0.15) is 17.5 Å². The molecule has 2 aliphatic heterocycles. The van der Waals surface area contributed by atoms with Crippen LogP contribution in [0, 0.1) is 5.92 Å². The molecule has 0 amide bonds. The number of hydrogen-bond acceptors (Lipinski definition) is 10. The molecular weight excluding hydrogens is 402 g/mol. The molecule has 0 aromatic heterocycles. The van der Waals surface area contributed by atoms with E-state index in [1.165, 1.54) is 6.92 Å². The first-order chi connectivity index (χ1) is 14.5. The number of ether oxygens (including phenoxy) is 6. The van der Waals surface area contributed by atoms with E-state index in [0.29, 0.717) is 46.2 Å². The molecule has 12 heteroatoms. The van der Waals surface area contributed by atoms with E-state index in [-0.39, 0.29) is 32.0 Å². The molecule has 0 saturated carbocycles. The number of Topliss-reactive ketones (excluding diaryl/α,β-unsaturated/α-hetero) is 1. The van der Waals surface area contributed by atoms with Gasteiger partial charge in [-0.05, 0) is 12.5 Å². The lowest BCUT2D eigenvalue weighted by atomic mass is 9.83. The quantitative estimate of drug-likeness (QED) is 0.145. The van der Waals surface area contributed by atoms with Crippen LogP contribution in [-0.4, -0.2) is 106 Å². The third kappa shape index (κ3) is 7.41. The first-order valence-corrected chi connectivity index (χ1v) is 9.97. The molecule has 0 unspecified atom stereocenters. The molecular formula is C18H31N3O9. The van der Waals surface area contributed by atoms with Gasteiger partial charge in [0, 0.05) is 23.8 Å². The van der Waals surface area contributed by atoms with Gasteiger partial charge in [-0.2, -0.15) is 0 Å². The Hall–Kier alpha value is -1.34. The highest BCUT2D eigenvalue weighted by atomic mass is 16.7. The Morgan fingerprint density at radius 2 is 1.70 bits per heavy atom. The number of ketones is 1. The predicted molar refractivity (Wildman–Crippen MR) is 102 cm³/mol. The van der Waals surface area contributed by atoms with Gasteiger partial charge in [-0.25, -0.2) is 0 Å². The second-order valence-corrected chi connectivity index (χ2v) is 7.21. The minimum atomic E-state index is -1.20. The predicted octanol–water partition coefficient (Wildman–Crippen LogP) is -0.194. The highest BCUT2D eigenvalue weighted by Gasteiger charge is 2.59. The normalized spacial score (nSPS) is 30.2. The molecule has 172 valence electrons. The van der Waals surface area contributed by atoms with Gasteiger partial charge in [-0.15, -0.1) is 0 Å². The van der Waals surface area contributed by atoms with E-state index >= 15 is 0 Å². The average Bonchev–Trinajstić information content (AvgIpc) is 3.12. The highest BCUT2D eigenvalue weighted by Crippen LogP contribution is 2.41. The molecule has 2 rings (SSSR count). The van der Waals surface area contributed by atoms with Crippen molar-refractivity contribution >= 4 is 5.78 Å². The van der Waals surface area contributed by atoms with Crippen LogP contribution in [0.2, 0.25) is 0 Å². The zero-order valence-electron chi connectivity index (χ0n) is 17.2. The maximum atomic E-state index is 11.4. The second-order valence-electron chi connectivity index (χ2n) is 7.21. The Balaban J connectivity index is 1.51. The average molecular weight is 433 g/mol. The molecule has 0 aliphatic carbocycles. The Bertz CT molecular complexity index is 575. The summed E-state index contributed by atoms with van der Waals surface area (Å²) in [6.07, 6.45) is -2.97. The standard InChI is InChI=1S/C18H31N3O9/c1-13(22)10-14-15(23)16(24)18(12-29-17(14)30-18)11-28-9-8-27-7-6-26-5-4-25-3-2-20-21-19/h14-17,23-24H,2-12H2,1H3/t14-,15-,16-,17+,18+/m1/s1.